The van der Waals surface area contributed by atoms with E-state index >= 15 is 0 Å². The fourth-order valence-electron chi connectivity index (χ4n) is 3.20. The Balaban J connectivity index is 2.05. The Morgan fingerprint density at radius 2 is 2.17 bits per heavy atom. The van der Waals surface area contributed by atoms with Crippen molar-refractivity contribution in [1.29, 1.82) is 0 Å². The van der Waals surface area contributed by atoms with E-state index in [9.17, 15) is 4.79 Å². The van der Waals surface area contributed by atoms with Gasteiger partial charge >= 0.3 is 0 Å². The molecule has 0 aliphatic heterocycles. The topological polar surface area (TPSA) is 26.3 Å². The van der Waals surface area contributed by atoms with Gasteiger partial charge in [-0.15, -0.1) is 0 Å². The van der Waals surface area contributed by atoms with Crippen LogP contribution in [0.1, 0.15) is 32.6 Å². The minimum atomic E-state index is 0.256. The van der Waals surface area contributed by atoms with Crippen LogP contribution in [0.5, 0.6) is 0 Å². The fraction of sp³-hybridized carbons (Fsp3) is 0.900. The number of carbonyl (C=O) groups is 1. The van der Waals surface area contributed by atoms with E-state index in [1.54, 1.807) is 0 Å². The Hall–Kier alpha value is -0.530. The van der Waals surface area contributed by atoms with E-state index in [1.165, 1.54) is 25.7 Å². The maximum Gasteiger partial charge on any atom is 0.293 e. The summed E-state index contributed by atoms with van der Waals surface area (Å²) in [7, 11) is 0. The van der Waals surface area contributed by atoms with Crippen LogP contribution < -0.4 is 0 Å². The summed E-state index contributed by atoms with van der Waals surface area (Å²) >= 11 is 0. The van der Waals surface area contributed by atoms with E-state index in [0.717, 1.165) is 5.92 Å². The second-order valence-electron chi connectivity index (χ2n) is 4.10. The van der Waals surface area contributed by atoms with Gasteiger partial charge in [-0.2, -0.15) is 0 Å². The highest BCUT2D eigenvalue weighted by molar-refractivity contribution is 5.38. The smallest absolute Gasteiger partial charge is 0.293 e. The van der Waals surface area contributed by atoms with E-state index in [4.69, 9.17) is 4.74 Å². The molecule has 4 unspecified atom stereocenters. The summed E-state index contributed by atoms with van der Waals surface area (Å²) < 4.78 is 5.16. The third-order valence-corrected chi connectivity index (χ3v) is 3.69. The maximum atomic E-state index is 10.3. The number of hydrogen-bond acceptors (Lipinski definition) is 2. The van der Waals surface area contributed by atoms with Gasteiger partial charge in [-0.25, -0.2) is 0 Å². The highest BCUT2D eigenvalue weighted by Crippen LogP contribution is 2.50. The van der Waals surface area contributed by atoms with Crippen molar-refractivity contribution in [3.05, 3.63) is 0 Å². The lowest BCUT2D eigenvalue weighted by Gasteiger charge is -2.28. The van der Waals surface area contributed by atoms with Gasteiger partial charge in [0.25, 0.3) is 6.47 Å². The Labute approximate surface area is 73.3 Å². The monoisotopic (exact) mass is 168 g/mol. The van der Waals surface area contributed by atoms with E-state index in [0.29, 0.717) is 18.3 Å². The van der Waals surface area contributed by atoms with E-state index in [1.807, 2.05) is 0 Å². The van der Waals surface area contributed by atoms with Crippen molar-refractivity contribution >= 4 is 6.47 Å². The van der Waals surface area contributed by atoms with E-state index in [-0.39, 0.29) is 6.10 Å². The largest absolute Gasteiger partial charge is 0.464 e. The first-order valence-corrected chi connectivity index (χ1v) is 4.96. The molecule has 68 valence electrons. The Morgan fingerprint density at radius 3 is 2.83 bits per heavy atom. The summed E-state index contributed by atoms with van der Waals surface area (Å²) in [5.74, 6) is 2.20. The van der Waals surface area contributed by atoms with Crippen molar-refractivity contribution in [3.8, 4) is 0 Å². The predicted octanol–water partition coefficient (Wildman–Crippen LogP) is 1.98. The lowest BCUT2D eigenvalue weighted by Crippen LogP contribution is -2.29. The maximum absolute atomic E-state index is 10.3. The van der Waals surface area contributed by atoms with E-state index in [2.05, 4.69) is 6.92 Å². The van der Waals surface area contributed by atoms with Gasteiger partial charge in [0.15, 0.2) is 0 Å². The van der Waals surface area contributed by atoms with Gasteiger partial charge in [0, 0.05) is 0 Å². The number of ether oxygens (including phenoxy) is 1. The van der Waals surface area contributed by atoms with Crippen molar-refractivity contribution in [1.82, 2.24) is 0 Å². The average molecular weight is 168 g/mol. The summed E-state index contributed by atoms with van der Waals surface area (Å²) in [6.07, 6.45) is 5.37. The molecule has 2 aliphatic carbocycles. The molecule has 0 aromatic carbocycles. The van der Waals surface area contributed by atoms with Crippen LogP contribution in [0, 0.1) is 17.8 Å². The van der Waals surface area contributed by atoms with Gasteiger partial charge in [0.05, 0.1) is 0 Å². The molecule has 2 saturated carbocycles. The molecule has 0 amide bonds. The zero-order valence-corrected chi connectivity index (χ0v) is 7.53. The van der Waals surface area contributed by atoms with Crippen LogP contribution in [0.3, 0.4) is 0 Å². The van der Waals surface area contributed by atoms with Crippen molar-refractivity contribution in [2.45, 2.75) is 38.7 Å². The summed E-state index contributed by atoms with van der Waals surface area (Å²) in [5, 5.41) is 0. The fourth-order valence-corrected chi connectivity index (χ4v) is 3.20. The van der Waals surface area contributed by atoms with Crippen molar-refractivity contribution in [2.24, 2.45) is 17.8 Å². The van der Waals surface area contributed by atoms with Crippen LogP contribution >= 0.6 is 0 Å². The van der Waals surface area contributed by atoms with Crippen molar-refractivity contribution in [3.63, 3.8) is 0 Å². The van der Waals surface area contributed by atoms with Crippen LogP contribution in [0.25, 0.3) is 0 Å². The molecule has 2 nitrogen and oxygen atoms in total. The molecule has 2 rings (SSSR count). The van der Waals surface area contributed by atoms with Crippen molar-refractivity contribution < 1.29 is 9.53 Å². The Kier molecular flexibility index (Phi) is 2.07. The predicted molar refractivity (Wildman–Crippen MR) is 45.5 cm³/mol. The molecule has 0 aromatic rings. The van der Waals surface area contributed by atoms with E-state index < -0.39 is 0 Å². The molecule has 12 heavy (non-hydrogen) atoms. The summed E-state index contributed by atoms with van der Waals surface area (Å²) in [6, 6.07) is 0. The number of fused-ring (bicyclic) bond motifs is 2. The summed E-state index contributed by atoms with van der Waals surface area (Å²) in [4.78, 5) is 10.3. The first kappa shape index (κ1) is 8.09. The zero-order chi connectivity index (χ0) is 8.55. The molecule has 0 saturated heterocycles. The molecular formula is C10H16O2. The lowest BCUT2D eigenvalue weighted by atomic mass is 9.84. The lowest BCUT2D eigenvalue weighted by molar-refractivity contribution is -0.138. The highest BCUT2D eigenvalue weighted by atomic mass is 16.5. The second-order valence-corrected chi connectivity index (χ2v) is 4.10. The Morgan fingerprint density at radius 1 is 1.42 bits per heavy atom. The minimum Gasteiger partial charge on any atom is -0.464 e. The molecule has 0 N–H and O–H groups in total. The highest BCUT2D eigenvalue weighted by Gasteiger charge is 2.47. The third-order valence-electron chi connectivity index (χ3n) is 3.69. The van der Waals surface area contributed by atoms with Gasteiger partial charge in [-0.05, 0) is 43.4 Å². The Bertz CT molecular complexity index is 179. The van der Waals surface area contributed by atoms with Crippen LogP contribution in [0.2, 0.25) is 0 Å². The van der Waals surface area contributed by atoms with Crippen LogP contribution in [0.15, 0.2) is 0 Å². The SMILES string of the molecule is CCC1C2CCC(C2)C1OC=O. The molecular weight excluding hydrogens is 152 g/mol. The van der Waals surface area contributed by atoms with Gasteiger partial charge in [-0.3, -0.25) is 4.79 Å². The van der Waals surface area contributed by atoms with Crippen LogP contribution in [0.4, 0.5) is 0 Å². The standard InChI is InChI=1S/C10H16O2/c1-2-9-7-3-4-8(5-7)10(9)12-6-11/h6-10H,2-5H2,1H3. The second kappa shape index (κ2) is 3.08. The third kappa shape index (κ3) is 1.05. The zero-order valence-electron chi connectivity index (χ0n) is 7.53. The number of hydrogen-bond donors (Lipinski definition) is 0. The molecule has 2 aliphatic rings. The molecule has 2 bridgehead atoms. The average Bonchev–Trinajstić information content (AvgIpc) is 2.64. The van der Waals surface area contributed by atoms with Crippen molar-refractivity contribution in [2.75, 3.05) is 0 Å². The molecule has 0 spiro atoms. The molecule has 2 fully saturated rings. The molecule has 0 heterocycles. The molecule has 4 atom stereocenters. The van der Waals surface area contributed by atoms with Gasteiger partial charge in [0.2, 0.25) is 0 Å². The molecule has 0 aromatic heterocycles. The van der Waals surface area contributed by atoms with Crippen LogP contribution in [-0.2, 0) is 9.53 Å². The number of carbonyl (C=O) groups excluding carboxylic acids is 1. The summed E-state index contributed by atoms with van der Waals surface area (Å²) in [5.41, 5.74) is 0. The normalized spacial score (nSPS) is 44.8. The molecule has 2 heteroatoms. The quantitative estimate of drug-likeness (QED) is 0.602. The van der Waals surface area contributed by atoms with Crippen LogP contribution in [-0.4, -0.2) is 12.6 Å². The first-order valence-electron chi connectivity index (χ1n) is 4.96. The van der Waals surface area contributed by atoms with Gasteiger partial charge in [-0.1, -0.05) is 6.92 Å². The van der Waals surface area contributed by atoms with Gasteiger partial charge in [0.1, 0.15) is 6.10 Å². The summed E-state index contributed by atoms with van der Waals surface area (Å²) in [6.45, 7) is 2.83. The van der Waals surface area contributed by atoms with Gasteiger partial charge < -0.3 is 4.74 Å². The molecule has 0 radical (unpaired) electrons. The number of rotatable bonds is 3. The first-order chi connectivity index (χ1) is 5.86. The minimum absolute atomic E-state index is 0.256.